The average molecular weight is 320 g/mol. The molecule has 1 aliphatic rings. The van der Waals surface area contributed by atoms with Crippen molar-refractivity contribution in [2.24, 2.45) is 0 Å². The number of hydrogen-bond acceptors (Lipinski definition) is 4. The topological polar surface area (TPSA) is 52.8 Å². The van der Waals surface area contributed by atoms with Gasteiger partial charge in [-0.25, -0.2) is 9.97 Å². The summed E-state index contributed by atoms with van der Waals surface area (Å²) in [6, 6.07) is 15.8. The van der Waals surface area contributed by atoms with Gasteiger partial charge in [0, 0.05) is 18.4 Å². The zero-order valence-corrected chi connectivity index (χ0v) is 13.7. The first kappa shape index (κ1) is 15.0. The van der Waals surface area contributed by atoms with Crippen molar-refractivity contribution in [3.8, 4) is 17.2 Å². The highest BCUT2D eigenvalue weighted by Crippen LogP contribution is 2.35. The van der Waals surface area contributed by atoms with E-state index in [2.05, 4.69) is 11.9 Å². The normalized spacial score (nSPS) is 20.9. The largest absolute Gasteiger partial charge is 0.367 e. The van der Waals surface area contributed by atoms with Crippen LogP contribution in [0, 0.1) is 0 Å². The summed E-state index contributed by atoms with van der Waals surface area (Å²) in [6.45, 7) is 2.86. The van der Waals surface area contributed by atoms with Gasteiger partial charge in [-0.1, -0.05) is 36.4 Å². The van der Waals surface area contributed by atoms with Gasteiger partial charge in [0.05, 0.1) is 0 Å². The van der Waals surface area contributed by atoms with E-state index in [1.807, 2.05) is 53.2 Å². The van der Waals surface area contributed by atoms with Crippen LogP contribution in [0.3, 0.4) is 0 Å². The molecule has 5 heteroatoms. The van der Waals surface area contributed by atoms with Gasteiger partial charge >= 0.3 is 0 Å². The minimum absolute atomic E-state index is 0.435. The fourth-order valence-corrected chi connectivity index (χ4v) is 3.11. The average Bonchev–Trinajstić information content (AvgIpc) is 3.10. The molecule has 0 saturated carbocycles. The summed E-state index contributed by atoms with van der Waals surface area (Å²) in [7, 11) is 0. The van der Waals surface area contributed by atoms with Crippen LogP contribution in [0.4, 0.5) is 0 Å². The van der Waals surface area contributed by atoms with Crippen molar-refractivity contribution in [3.05, 3.63) is 60.6 Å². The number of benzene rings is 1. The van der Waals surface area contributed by atoms with E-state index in [9.17, 15) is 0 Å². The lowest BCUT2D eigenvalue weighted by atomic mass is 9.95. The lowest BCUT2D eigenvalue weighted by Gasteiger charge is -2.32. The quantitative estimate of drug-likeness (QED) is 0.737. The molecule has 3 heterocycles. The first-order chi connectivity index (χ1) is 11.8. The predicted octanol–water partition coefficient (Wildman–Crippen LogP) is 3.75. The molecule has 1 fully saturated rings. The summed E-state index contributed by atoms with van der Waals surface area (Å²) in [5, 5.41) is 4.73. The second kappa shape index (κ2) is 6.17. The maximum Gasteiger partial charge on any atom is 0.182 e. The van der Waals surface area contributed by atoms with Crippen LogP contribution in [0.25, 0.3) is 17.2 Å². The molecule has 0 radical (unpaired) electrons. The van der Waals surface area contributed by atoms with E-state index in [0.717, 1.165) is 43.1 Å². The van der Waals surface area contributed by atoms with Crippen molar-refractivity contribution < 1.29 is 4.74 Å². The lowest BCUT2D eigenvalue weighted by molar-refractivity contribution is -0.0773. The van der Waals surface area contributed by atoms with Gasteiger partial charge in [0.15, 0.2) is 17.5 Å². The molecule has 3 aromatic rings. The molecular weight excluding hydrogens is 300 g/mol. The van der Waals surface area contributed by atoms with Gasteiger partial charge in [0.25, 0.3) is 0 Å². The van der Waals surface area contributed by atoms with E-state index in [0.29, 0.717) is 5.82 Å². The molecule has 1 unspecified atom stereocenters. The van der Waals surface area contributed by atoms with Gasteiger partial charge in [0.1, 0.15) is 5.60 Å². The molecule has 0 amide bonds. The van der Waals surface area contributed by atoms with E-state index >= 15 is 0 Å². The molecule has 1 aliphatic heterocycles. The highest BCUT2D eigenvalue weighted by molar-refractivity contribution is 5.54. The van der Waals surface area contributed by atoms with E-state index in [4.69, 9.17) is 14.8 Å². The molecular formula is C19H20N4O. The number of ether oxygens (including phenoxy) is 1. The Labute approximate surface area is 141 Å². The van der Waals surface area contributed by atoms with Crippen molar-refractivity contribution in [2.45, 2.75) is 31.8 Å². The minimum Gasteiger partial charge on any atom is -0.367 e. The van der Waals surface area contributed by atoms with Crippen molar-refractivity contribution in [2.75, 3.05) is 6.61 Å². The van der Waals surface area contributed by atoms with Gasteiger partial charge in [-0.3, -0.25) is 0 Å². The summed E-state index contributed by atoms with van der Waals surface area (Å²) in [5.74, 6) is 2.28. The molecule has 0 spiro atoms. The first-order valence-electron chi connectivity index (χ1n) is 8.35. The molecule has 122 valence electrons. The summed E-state index contributed by atoms with van der Waals surface area (Å²) in [4.78, 5) is 9.29. The van der Waals surface area contributed by atoms with Crippen molar-refractivity contribution in [3.63, 3.8) is 0 Å². The standard InChI is InChI=1S/C19H20N4O/c1-19(12-6-8-14-24-19)18-21-17(15-9-3-2-4-10-15)22-23(18)16-11-5-7-13-20-16/h2-5,7,9-11,13H,6,8,12,14H2,1H3. The number of pyridine rings is 1. The molecule has 4 rings (SSSR count). The van der Waals surface area contributed by atoms with Crippen LogP contribution in [0.5, 0.6) is 0 Å². The fourth-order valence-electron chi connectivity index (χ4n) is 3.11. The van der Waals surface area contributed by atoms with Crippen LogP contribution in [-0.2, 0) is 10.3 Å². The zero-order chi connectivity index (χ0) is 16.4. The van der Waals surface area contributed by atoms with Gasteiger partial charge in [0.2, 0.25) is 0 Å². The smallest absolute Gasteiger partial charge is 0.182 e. The third-order valence-corrected chi connectivity index (χ3v) is 4.45. The summed E-state index contributed by atoms with van der Waals surface area (Å²) < 4.78 is 7.94. The molecule has 0 N–H and O–H groups in total. The number of hydrogen-bond donors (Lipinski definition) is 0. The fraction of sp³-hybridized carbons (Fsp3) is 0.316. The third kappa shape index (κ3) is 2.71. The summed E-state index contributed by atoms with van der Waals surface area (Å²) >= 11 is 0. The van der Waals surface area contributed by atoms with Crippen molar-refractivity contribution in [1.82, 2.24) is 19.7 Å². The van der Waals surface area contributed by atoms with Crippen molar-refractivity contribution in [1.29, 1.82) is 0 Å². The molecule has 1 saturated heterocycles. The van der Waals surface area contributed by atoms with E-state index in [-0.39, 0.29) is 0 Å². The second-order valence-electron chi connectivity index (χ2n) is 6.26. The minimum atomic E-state index is -0.435. The maximum absolute atomic E-state index is 6.11. The second-order valence-corrected chi connectivity index (χ2v) is 6.26. The Morgan fingerprint density at radius 3 is 2.58 bits per heavy atom. The van der Waals surface area contributed by atoms with E-state index in [1.54, 1.807) is 6.20 Å². The maximum atomic E-state index is 6.11. The van der Waals surface area contributed by atoms with Crippen LogP contribution in [0.15, 0.2) is 54.7 Å². The molecule has 5 nitrogen and oxygen atoms in total. The Kier molecular flexibility index (Phi) is 3.86. The number of rotatable bonds is 3. The van der Waals surface area contributed by atoms with E-state index < -0.39 is 5.60 Å². The monoisotopic (exact) mass is 320 g/mol. The van der Waals surface area contributed by atoms with Crippen LogP contribution < -0.4 is 0 Å². The van der Waals surface area contributed by atoms with Crippen molar-refractivity contribution >= 4 is 0 Å². The van der Waals surface area contributed by atoms with Gasteiger partial charge in [-0.2, -0.15) is 4.68 Å². The first-order valence-corrected chi connectivity index (χ1v) is 8.35. The van der Waals surface area contributed by atoms with Gasteiger partial charge < -0.3 is 4.74 Å². The van der Waals surface area contributed by atoms with Crippen LogP contribution >= 0.6 is 0 Å². The highest BCUT2D eigenvalue weighted by atomic mass is 16.5. The highest BCUT2D eigenvalue weighted by Gasteiger charge is 2.36. The Hall–Kier alpha value is -2.53. The van der Waals surface area contributed by atoms with Crippen LogP contribution in [0.1, 0.15) is 32.0 Å². The molecule has 2 aromatic heterocycles. The Morgan fingerprint density at radius 1 is 1.04 bits per heavy atom. The predicted molar refractivity (Wildman–Crippen MR) is 91.7 cm³/mol. The molecule has 1 aromatic carbocycles. The molecule has 1 atom stereocenters. The molecule has 24 heavy (non-hydrogen) atoms. The van der Waals surface area contributed by atoms with Crippen LogP contribution in [0.2, 0.25) is 0 Å². The number of nitrogens with zero attached hydrogens (tertiary/aromatic N) is 4. The molecule has 0 bridgehead atoms. The molecule has 0 aliphatic carbocycles. The number of aromatic nitrogens is 4. The van der Waals surface area contributed by atoms with Gasteiger partial charge in [-0.15, -0.1) is 5.10 Å². The summed E-state index contributed by atoms with van der Waals surface area (Å²) in [6.07, 6.45) is 4.94. The SMILES string of the molecule is CC1(c2nc(-c3ccccc3)nn2-c2ccccn2)CCCCO1. The zero-order valence-electron chi connectivity index (χ0n) is 13.7. The Bertz CT molecular complexity index is 808. The Morgan fingerprint density at radius 2 is 1.88 bits per heavy atom. The van der Waals surface area contributed by atoms with E-state index in [1.165, 1.54) is 0 Å². The third-order valence-electron chi connectivity index (χ3n) is 4.45. The lowest BCUT2D eigenvalue weighted by Crippen LogP contribution is -2.33. The van der Waals surface area contributed by atoms with Crippen LogP contribution in [-0.4, -0.2) is 26.4 Å². The Balaban J connectivity index is 1.86. The van der Waals surface area contributed by atoms with Gasteiger partial charge in [-0.05, 0) is 38.3 Å². The summed E-state index contributed by atoms with van der Waals surface area (Å²) in [5.41, 5.74) is 0.559.